The first-order valence-corrected chi connectivity index (χ1v) is 14.9. The number of nitrogens with one attached hydrogen (secondary N) is 1. The highest BCUT2D eigenvalue weighted by atomic mass is 35.5. The number of likely N-dealkylation sites (N-methyl/N-ethyl adjacent to an activating group) is 1. The van der Waals surface area contributed by atoms with Crippen LogP contribution in [0.1, 0.15) is 16.7 Å². The van der Waals surface area contributed by atoms with Crippen molar-refractivity contribution >= 4 is 40.7 Å². The van der Waals surface area contributed by atoms with Gasteiger partial charge in [-0.25, -0.2) is 14.2 Å². The lowest BCUT2D eigenvalue weighted by Gasteiger charge is -2.34. The molecule has 0 aliphatic carbocycles. The van der Waals surface area contributed by atoms with Crippen molar-refractivity contribution in [3.63, 3.8) is 0 Å². The molecule has 3 aromatic carbocycles. The lowest BCUT2D eigenvalue weighted by atomic mass is 9.97. The Hall–Kier alpha value is -4.55. The lowest BCUT2D eigenvalue weighted by Crippen LogP contribution is -2.44. The number of hydrogen-bond donors (Lipinski definition) is 1. The van der Waals surface area contributed by atoms with Gasteiger partial charge in [0.2, 0.25) is 11.8 Å². The molecule has 4 aromatic rings. The van der Waals surface area contributed by atoms with E-state index in [4.69, 9.17) is 21.1 Å². The molecular formula is C33H34ClF3N6O3. The maximum absolute atomic E-state index is 14.5. The van der Waals surface area contributed by atoms with E-state index in [1.807, 2.05) is 44.9 Å². The molecule has 1 amide bonds. The number of carbonyl (C=O) groups is 1. The third kappa shape index (κ3) is 7.45. The van der Waals surface area contributed by atoms with Crippen molar-refractivity contribution in [3.8, 4) is 22.9 Å². The number of amides is 1. The van der Waals surface area contributed by atoms with Crippen molar-refractivity contribution in [2.75, 3.05) is 55.4 Å². The predicted octanol–water partition coefficient (Wildman–Crippen LogP) is 7.59. The van der Waals surface area contributed by atoms with Gasteiger partial charge in [0.1, 0.15) is 5.82 Å². The van der Waals surface area contributed by atoms with Crippen LogP contribution in [0.3, 0.4) is 0 Å². The van der Waals surface area contributed by atoms with Crippen molar-refractivity contribution in [2.24, 2.45) is 0 Å². The van der Waals surface area contributed by atoms with Gasteiger partial charge >= 0.3 is 12.7 Å². The van der Waals surface area contributed by atoms with Crippen LogP contribution in [-0.2, 0) is 0 Å². The fourth-order valence-corrected chi connectivity index (χ4v) is 5.29. The Morgan fingerprint density at radius 2 is 1.72 bits per heavy atom. The highest BCUT2D eigenvalue weighted by Gasteiger charge is 2.22. The molecule has 0 unspecified atom stereocenters. The number of aromatic nitrogens is 2. The molecule has 1 saturated heterocycles. The van der Waals surface area contributed by atoms with E-state index < -0.39 is 18.5 Å². The summed E-state index contributed by atoms with van der Waals surface area (Å²) in [4.78, 5) is 27.3. The average molecular weight is 655 g/mol. The van der Waals surface area contributed by atoms with Crippen LogP contribution in [0.2, 0.25) is 5.02 Å². The van der Waals surface area contributed by atoms with Gasteiger partial charge in [0.15, 0.2) is 5.75 Å². The van der Waals surface area contributed by atoms with Gasteiger partial charge in [-0.3, -0.25) is 4.90 Å². The number of nitrogens with zero attached hydrogens (tertiary/aromatic N) is 5. The Kier molecular flexibility index (Phi) is 9.88. The van der Waals surface area contributed by atoms with Crippen LogP contribution in [0.15, 0.2) is 54.6 Å². The Labute approximate surface area is 270 Å². The summed E-state index contributed by atoms with van der Waals surface area (Å²) in [6.07, 6.45) is -0.919. The molecular weight excluding hydrogens is 621 g/mol. The Morgan fingerprint density at radius 1 is 0.978 bits per heavy atom. The number of hydrogen-bond acceptors (Lipinski definition) is 8. The number of ether oxygens (including phenoxy) is 2. The molecule has 0 saturated carbocycles. The summed E-state index contributed by atoms with van der Waals surface area (Å²) in [6, 6.07) is 14.1. The summed E-state index contributed by atoms with van der Waals surface area (Å²) in [5, 5.41) is 3.29. The number of rotatable bonds is 8. The number of alkyl halides is 2. The predicted molar refractivity (Wildman–Crippen MR) is 174 cm³/mol. The summed E-state index contributed by atoms with van der Waals surface area (Å²) in [6.45, 7) is 5.82. The average Bonchev–Trinajstić information content (AvgIpc) is 3.01. The smallest absolute Gasteiger partial charge is 0.420 e. The van der Waals surface area contributed by atoms with Crippen LogP contribution >= 0.6 is 11.6 Å². The van der Waals surface area contributed by atoms with Crippen LogP contribution in [-0.4, -0.2) is 67.8 Å². The van der Waals surface area contributed by atoms with Crippen molar-refractivity contribution in [3.05, 3.63) is 82.1 Å². The van der Waals surface area contributed by atoms with Crippen molar-refractivity contribution in [2.45, 2.75) is 27.4 Å². The second-order valence-electron chi connectivity index (χ2n) is 11.1. The van der Waals surface area contributed by atoms with Gasteiger partial charge in [0, 0.05) is 61.6 Å². The molecule has 2 heterocycles. The van der Waals surface area contributed by atoms with Gasteiger partial charge in [-0.1, -0.05) is 23.7 Å². The molecule has 0 bridgehead atoms. The fourth-order valence-electron chi connectivity index (χ4n) is 5.12. The number of piperazine rings is 1. The summed E-state index contributed by atoms with van der Waals surface area (Å²) in [5.41, 5.74) is 5.17. The molecule has 5 rings (SSSR count). The first-order valence-electron chi connectivity index (χ1n) is 14.6. The molecule has 9 nitrogen and oxygen atoms in total. The van der Waals surface area contributed by atoms with Crippen LogP contribution in [0, 0.1) is 26.6 Å². The first-order chi connectivity index (χ1) is 21.9. The highest BCUT2D eigenvalue weighted by molar-refractivity contribution is 6.30. The number of carbonyl (C=O) groups excluding carboxylic acids is 1. The summed E-state index contributed by atoms with van der Waals surface area (Å²) < 4.78 is 51.9. The van der Waals surface area contributed by atoms with Gasteiger partial charge < -0.3 is 24.6 Å². The van der Waals surface area contributed by atoms with Crippen molar-refractivity contribution in [1.29, 1.82) is 0 Å². The third-order valence-corrected chi connectivity index (χ3v) is 8.28. The van der Waals surface area contributed by atoms with E-state index in [2.05, 4.69) is 20.2 Å². The van der Waals surface area contributed by atoms with Gasteiger partial charge in [-0.2, -0.15) is 13.8 Å². The molecule has 0 atom stereocenters. The standard InChI is InChI=1S/C33H34ClF3N6O3/c1-19-6-9-24(21(3)20(19)2)26-18-30(46-33(44)42(5)28-16-22(34)7-10-25(28)35)40-32(39-26)38-23-8-11-27(29(17-23)45-31(36)37)43-14-12-41(4)13-15-43/h6-11,16-18,31H,12-15H2,1-5H3,(H,38,39,40). The number of anilines is 4. The normalized spacial score (nSPS) is 13.6. The summed E-state index contributed by atoms with van der Waals surface area (Å²) in [5.74, 6) is -0.753. The Morgan fingerprint density at radius 3 is 2.43 bits per heavy atom. The summed E-state index contributed by atoms with van der Waals surface area (Å²) >= 11 is 6.02. The van der Waals surface area contributed by atoms with Gasteiger partial charge in [-0.15, -0.1) is 0 Å². The molecule has 242 valence electrons. The molecule has 0 spiro atoms. The van der Waals surface area contributed by atoms with Crippen LogP contribution in [0.5, 0.6) is 11.6 Å². The van der Waals surface area contributed by atoms with E-state index >= 15 is 0 Å². The van der Waals surface area contributed by atoms with Crippen molar-refractivity contribution in [1.82, 2.24) is 14.9 Å². The summed E-state index contributed by atoms with van der Waals surface area (Å²) in [7, 11) is 3.35. The largest absolute Gasteiger partial charge is 0.433 e. The SMILES string of the molecule is Cc1ccc(-c2cc(OC(=O)N(C)c3cc(Cl)ccc3F)nc(Nc3ccc(N4CCN(C)CC4)c(OC(F)F)c3)n2)c(C)c1C. The quantitative estimate of drug-likeness (QED) is 0.208. The highest BCUT2D eigenvalue weighted by Crippen LogP contribution is 2.35. The minimum absolute atomic E-state index is 0.00235. The Bertz CT molecular complexity index is 1750. The van der Waals surface area contributed by atoms with Gasteiger partial charge in [-0.05, 0) is 74.8 Å². The molecule has 46 heavy (non-hydrogen) atoms. The van der Waals surface area contributed by atoms with E-state index in [1.54, 1.807) is 12.1 Å². The van der Waals surface area contributed by atoms with Crippen LogP contribution < -0.4 is 24.6 Å². The Balaban J connectivity index is 1.50. The number of benzene rings is 3. The fraction of sp³-hybridized carbons (Fsp3) is 0.303. The molecule has 13 heteroatoms. The molecule has 1 N–H and O–H groups in total. The number of aryl methyl sites for hydroxylation is 1. The van der Waals surface area contributed by atoms with E-state index in [-0.39, 0.29) is 28.3 Å². The monoisotopic (exact) mass is 654 g/mol. The second-order valence-corrected chi connectivity index (χ2v) is 11.5. The van der Waals surface area contributed by atoms with E-state index in [0.29, 0.717) is 30.2 Å². The molecule has 1 aliphatic heterocycles. The molecule has 0 radical (unpaired) electrons. The minimum atomic E-state index is -3.03. The zero-order valence-corrected chi connectivity index (χ0v) is 26.8. The molecule has 1 aromatic heterocycles. The van der Waals surface area contributed by atoms with Crippen LogP contribution in [0.4, 0.5) is 41.0 Å². The van der Waals surface area contributed by atoms with Crippen molar-refractivity contribution < 1.29 is 27.4 Å². The lowest BCUT2D eigenvalue weighted by molar-refractivity contribution is -0.0495. The third-order valence-electron chi connectivity index (χ3n) is 8.05. The van der Waals surface area contributed by atoms with Gasteiger partial charge in [0.05, 0.1) is 17.1 Å². The van der Waals surface area contributed by atoms with E-state index in [0.717, 1.165) is 46.3 Å². The number of halogens is 4. The zero-order chi connectivity index (χ0) is 33.1. The minimum Gasteiger partial charge on any atom is -0.433 e. The maximum atomic E-state index is 14.5. The topological polar surface area (TPSA) is 83.1 Å². The first kappa shape index (κ1) is 32.8. The molecule has 1 aliphatic rings. The van der Waals surface area contributed by atoms with Gasteiger partial charge in [0.25, 0.3) is 0 Å². The zero-order valence-electron chi connectivity index (χ0n) is 26.1. The maximum Gasteiger partial charge on any atom is 0.420 e. The van der Waals surface area contributed by atoms with E-state index in [1.165, 1.54) is 31.3 Å². The van der Waals surface area contributed by atoms with E-state index in [9.17, 15) is 18.0 Å². The van der Waals surface area contributed by atoms with Crippen LogP contribution in [0.25, 0.3) is 11.3 Å². The molecule has 1 fully saturated rings. The second kappa shape index (κ2) is 13.8.